The van der Waals surface area contributed by atoms with Crippen LogP contribution >= 0.6 is 0 Å². The lowest BCUT2D eigenvalue weighted by Gasteiger charge is -2.19. The van der Waals surface area contributed by atoms with E-state index in [-0.39, 0.29) is 5.92 Å². The average molecular weight is 695 g/mol. The van der Waals surface area contributed by atoms with Gasteiger partial charge in [-0.15, -0.1) is 0 Å². The third-order valence-corrected chi connectivity index (χ3v) is 12.3. The Bertz CT molecular complexity index is 3090. The molecule has 0 spiro atoms. The summed E-state index contributed by atoms with van der Waals surface area (Å²) in [4.78, 5) is 0. The van der Waals surface area contributed by atoms with Crippen LogP contribution in [-0.2, 0) is 0 Å². The lowest BCUT2D eigenvalue weighted by Crippen LogP contribution is -2.00. The molecule has 0 amide bonds. The van der Waals surface area contributed by atoms with E-state index < -0.39 is 0 Å². The Morgan fingerprint density at radius 3 is 0.909 bits per heavy atom. The van der Waals surface area contributed by atoms with Crippen LogP contribution in [0.3, 0.4) is 0 Å². The van der Waals surface area contributed by atoms with Gasteiger partial charge in [-0.3, -0.25) is 0 Å². The molecule has 0 bridgehead atoms. The van der Waals surface area contributed by atoms with E-state index in [0.717, 1.165) is 0 Å². The Hall–Kier alpha value is -7.02. The first-order valence-electron chi connectivity index (χ1n) is 19.3. The van der Waals surface area contributed by atoms with Gasteiger partial charge in [0.1, 0.15) is 0 Å². The predicted molar refractivity (Wildman–Crippen MR) is 235 cm³/mol. The minimum absolute atomic E-state index is 0.140. The molecule has 0 saturated heterocycles. The fourth-order valence-electron chi connectivity index (χ4n) is 9.84. The smallest absolute Gasteiger partial charge is 0.0352 e. The Labute approximate surface area is 319 Å². The number of rotatable bonds is 3. The van der Waals surface area contributed by atoms with Gasteiger partial charge in [-0.2, -0.15) is 0 Å². The first-order chi connectivity index (χ1) is 27.3. The maximum absolute atomic E-state index is 2.46. The van der Waals surface area contributed by atoms with Crippen molar-refractivity contribution in [2.45, 2.75) is 5.92 Å². The van der Waals surface area contributed by atoms with E-state index in [1.54, 1.807) is 0 Å². The first kappa shape index (κ1) is 30.4. The molecule has 254 valence electrons. The lowest BCUT2D eigenvalue weighted by molar-refractivity contribution is 1.02. The molecule has 0 aromatic heterocycles. The summed E-state index contributed by atoms with van der Waals surface area (Å²) in [6, 6.07) is 75.0. The average Bonchev–Trinajstić information content (AvgIpc) is 3.60. The van der Waals surface area contributed by atoms with Gasteiger partial charge in [0.15, 0.2) is 0 Å². The van der Waals surface area contributed by atoms with E-state index in [1.807, 2.05) is 0 Å². The van der Waals surface area contributed by atoms with E-state index in [1.165, 1.54) is 115 Å². The van der Waals surface area contributed by atoms with Crippen molar-refractivity contribution in [3.63, 3.8) is 0 Å². The lowest BCUT2D eigenvalue weighted by atomic mass is 9.84. The van der Waals surface area contributed by atoms with Gasteiger partial charge in [0.25, 0.3) is 0 Å². The predicted octanol–water partition coefficient (Wildman–Crippen LogP) is 15.1. The Morgan fingerprint density at radius 2 is 0.527 bits per heavy atom. The molecule has 11 aromatic carbocycles. The molecule has 12 rings (SSSR count). The molecule has 55 heavy (non-hydrogen) atoms. The topological polar surface area (TPSA) is 0 Å². The summed E-state index contributed by atoms with van der Waals surface area (Å²) >= 11 is 0. The van der Waals surface area contributed by atoms with Crippen LogP contribution in [0.5, 0.6) is 0 Å². The highest BCUT2D eigenvalue weighted by molar-refractivity contribution is 6.27. The summed E-state index contributed by atoms with van der Waals surface area (Å²) < 4.78 is 0. The van der Waals surface area contributed by atoms with Gasteiger partial charge in [0.2, 0.25) is 0 Å². The van der Waals surface area contributed by atoms with Gasteiger partial charge in [-0.1, -0.05) is 182 Å². The van der Waals surface area contributed by atoms with Crippen LogP contribution in [0.1, 0.15) is 22.6 Å². The number of benzene rings is 11. The molecule has 0 saturated carbocycles. The van der Waals surface area contributed by atoms with Crippen molar-refractivity contribution >= 4 is 64.6 Å². The zero-order chi connectivity index (χ0) is 36.0. The third kappa shape index (κ3) is 4.52. The minimum Gasteiger partial charge on any atom is -0.0619 e. The number of fused-ring (bicyclic) bond motifs is 15. The Balaban J connectivity index is 1.13. The van der Waals surface area contributed by atoms with E-state index in [2.05, 4.69) is 200 Å². The molecule has 0 N–H and O–H groups in total. The summed E-state index contributed by atoms with van der Waals surface area (Å²) in [6.07, 6.45) is 0. The molecule has 1 aliphatic rings. The van der Waals surface area contributed by atoms with Gasteiger partial charge in [0, 0.05) is 5.92 Å². The van der Waals surface area contributed by atoms with E-state index in [0.29, 0.717) is 0 Å². The molecule has 11 aromatic rings. The molecule has 0 heteroatoms. The first-order valence-corrected chi connectivity index (χ1v) is 19.3. The molecular formula is C55H34. The molecule has 0 nitrogen and oxygen atoms in total. The van der Waals surface area contributed by atoms with Crippen molar-refractivity contribution in [2.24, 2.45) is 0 Å². The second-order valence-corrected chi connectivity index (χ2v) is 15.2. The van der Waals surface area contributed by atoms with Gasteiger partial charge in [-0.25, -0.2) is 0 Å². The fourth-order valence-corrected chi connectivity index (χ4v) is 9.84. The molecule has 0 heterocycles. The number of hydrogen-bond donors (Lipinski definition) is 0. The SMILES string of the molecule is c1ccc2c(c1)-c1ccccc1C2c1cc(-c2ccc3c4ccccc4c4ccccc4c3c2)cc(-c2ccc3c4ccccc4c4ccccc4c3c2)c1. The monoisotopic (exact) mass is 694 g/mol. The molecule has 0 unspecified atom stereocenters. The maximum Gasteiger partial charge on any atom is 0.0352 e. The summed E-state index contributed by atoms with van der Waals surface area (Å²) in [5.41, 5.74) is 11.7. The van der Waals surface area contributed by atoms with Gasteiger partial charge in [0.05, 0.1) is 0 Å². The molecule has 0 fully saturated rings. The van der Waals surface area contributed by atoms with Crippen molar-refractivity contribution < 1.29 is 0 Å². The molecular weight excluding hydrogens is 661 g/mol. The summed E-state index contributed by atoms with van der Waals surface area (Å²) in [7, 11) is 0. The number of hydrogen-bond acceptors (Lipinski definition) is 0. The van der Waals surface area contributed by atoms with Crippen molar-refractivity contribution in [3.05, 3.63) is 217 Å². The van der Waals surface area contributed by atoms with E-state index >= 15 is 0 Å². The van der Waals surface area contributed by atoms with Gasteiger partial charge < -0.3 is 0 Å². The molecule has 0 atom stereocenters. The van der Waals surface area contributed by atoms with Gasteiger partial charge in [-0.05, 0) is 133 Å². The third-order valence-electron chi connectivity index (χ3n) is 12.3. The van der Waals surface area contributed by atoms with Crippen molar-refractivity contribution in [1.82, 2.24) is 0 Å². The van der Waals surface area contributed by atoms with Crippen LogP contribution in [0, 0.1) is 0 Å². The van der Waals surface area contributed by atoms with Crippen LogP contribution in [0.2, 0.25) is 0 Å². The second-order valence-electron chi connectivity index (χ2n) is 15.2. The van der Waals surface area contributed by atoms with Crippen LogP contribution in [0.15, 0.2) is 200 Å². The van der Waals surface area contributed by atoms with Crippen molar-refractivity contribution in [2.75, 3.05) is 0 Å². The zero-order valence-corrected chi connectivity index (χ0v) is 30.1. The van der Waals surface area contributed by atoms with Crippen LogP contribution < -0.4 is 0 Å². The molecule has 0 aliphatic heterocycles. The fraction of sp³-hybridized carbons (Fsp3) is 0.0182. The summed E-state index contributed by atoms with van der Waals surface area (Å²) in [5.74, 6) is 0.140. The quantitative estimate of drug-likeness (QED) is 0.162. The summed E-state index contributed by atoms with van der Waals surface area (Å²) in [6.45, 7) is 0. The van der Waals surface area contributed by atoms with Crippen LogP contribution in [-0.4, -0.2) is 0 Å². The highest BCUT2D eigenvalue weighted by Crippen LogP contribution is 2.49. The maximum atomic E-state index is 2.46. The van der Waals surface area contributed by atoms with Crippen LogP contribution in [0.4, 0.5) is 0 Å². The normalized spacial score (nSPS) is 12.7. The van der Waals surface area contributed by atoms with E-state index in [4.69, 9.17) is 0 Å². The minimum atomic E-state index is 0.140. The zero-order valence-electron chi connectivity index (χ0n) is 30.1. The van der Waals surface area contributed by atoms with Crippen molar-refractivity contribution in [3.8, 4) is 33.4 Å². The van der Waals surface area contributed by atoms with E-state index in [9.17, 15) is 0 Å². The second kappa shape index (κ2) is 11.7. The van der Waals surface area contributed by atoms with Gasteiger partial charge >= 0.3 is 0 Å². The Kier molecular flexibility index (Phi) is 6.50. The van der Waals surface area contributed by atoms with Crippen molar-refractivity contribution in [1.29, 1.82) is 0 Å². The largest absolute Gasteiger partial charge is 0.0619 e. The highest BCUT2D eigenvalue weighted by atomic mass is 14.3. The molecule has 1 aliphatic carbocycles. The standard InChI is InChI=1S/C55H34/c1-3-17-43-39(13-1)41-15-5-7-21-47(41)53-32-34(25-27-49(43)53)36-29-37(31-38(30-36)55-51-23-11-9-19-45(51)46-20-10-12-24-52(46)55)35-26-28-50-44-18-4-2-14-40(44)42-16-6-8-22-48(42)54(50)33-35/h1-33,55H. The van der Waals surface area contributed by atoms with Crippen LogP contribution in [0.25, 0.3) is 98.0 Å². The Morgan fingerprint density at radius 1 is 0.218 bits per heavy atom. The highest BCUT2D eigenvalue weighted by Gasteiger charge is 2.30. The molecule has 0 radical (unpaired) electrons. The summed E-state index contributed by atoms with van der Waals surface area (Å²) in [5, 5.41) is 15.6.